The third-order valence-electron chi connectivity index (χ3n) is 2.57. The molecule has 2 rings (SSSR count). The Hall–Kier alpha value is -1.95. The monoisotopic (exact) mass is 321 g/mol. The molecule has 1 heterocycles. The molecule has 0 bridgehead atoms. The summed E-state index contributed by atoms with van der Waals surface area (Å²) in [6.45, 7) is 0.630. The molecular formula is C13H12BrN3O2. The lowest BCUT2D eigenvalue weighted by atomic mass is 10.2. The van der Waals surface area contributed by atoms with Crippen LogP contribution in [0.5, 0.6) is 0 Å². The molecule has 0 fully saturated rings. The van der Waals surface area contributed by atoms with Gasteiger partial charge in [0.25, 0.3) is 0 Å². The lowest BCUT2D eigenvalue weighted by Gasteiger charge is -2.18. The Morgan fingerprint density at radius 3 is 2.63 bits per heavy atom. The third kappa shape index (κ3) is 3.51. The predicted octanol–water partition coefficient (Wildman–Crippen LogP) is 2.57. The molecule has 0 saturated heterocycles. The van der Waals surface area contributed by atoms with E-state index in [-0.39, 0.29) is 5.69 Å². The fourth-order valence-corrected chi connectivity index (χ4v) is 1.85. The summed E-state index contributed by atoms with van der Waals surface area (Å²) < 4.78 is 1.02. The number of nitrogens with zero attached hydrogens (tertiary/aromatic N) is 3. The number of hydrogen-bond acceptors (Lipinski definition) is 4. The van der Waals surface area contributed by atoms with Gasteiger partial charge in [0.15, 0.2) is 5.69 Å². The van der Waals surface area contributed by atoms with Crippen LogP contribution < -0.4 is 4.90 Å². The zero-order valence-electron chi connectivity index (χ0n) is 10.2. The average molecular weight is 322 g/mol. The van der Waals surface area contributed by atoms with Crippen molar-refractivity contribution in [3.8, 4) is 0 Å². The first-order valence-electron chi connectivity index (χ1n) is 5.57. The number of aromatic carboxylic acids is 1. The number of aromatic nitrogens is 2. The normalized spacial score (nSPS) is 10.2. The number of anilines is 1. The van der Waals surface area contributed by atoms with Gasteiger partial charge in [-0.2, -0.15) is 0 Å². The van der Waals surface area contributed by atoms with Gasteiger partial charge in [0, 0.05) is 18.1 Å². The Morgan fingerprint density at radius 2 is 2.00 bits per heavy atom. The van der Waals surface area contributed by atoms with Crippen molar-refractivity contribution in [2.45, 2.75) is 6.54 Å². The predicted molar refractivity (Wildman–Crippen MR) is 75.2 cm³/mol. The van der Waals surface area contributed by atoms with E-state index in [0.717, 1.165) is 10.0 Å². The van der Waals surface area contributed by atoms with Crippen LogP contribution in [0.4, 0.5) is 5.82 Å². The van der Waals surface area contributed by atoms with E-state index in [4.69, 9.17) is 5.11 Å². The summed E-state index contributed by atoms with van der Waals surface area (Å²) in [6.07, 6.45) is 2.78. The second-order valence-corrected chi connectivity index (χ2v) is 4.97. The second-order valence-electron chi connectivity index (χ2n) is 4.05. The Bertz CT molecular complexity index is 587. The van der Waals surface area contributed by atoms with E-state index in [1.165, 1.54) is 6.20 Å². The highest BCUT2D eigenvalue weighted by atomic mass is 79.9. The fourth-order valence-electron chi connectivity index (χ4n) is 1.59. The van der Waals surface area contributed by atoms with Crippen LogP contribution in [0.15, 0.2) is 41.1 Å². The standard InChI is InChI=1S/C13H12BrN3O2/c1-17(8-9-2-4-10(14)5-3-9)12-7-15-6-11(16-12)13(18)19/h2-7H,8H2,1H3,(H,18,19). The number of rotatable bonds is 4. The van der Waals surface area contributed by atoms with Gasteiger partial charge in [-0.3, -0.25) is 4.98 Å². The molecule has 0 aliphatic heterocycles. The summed E-state index contributed by atoms with van der Waals surface area (Å²) in [5.41, 5.74) is 1.05. The summed E-state index contributed by atoms with van der Waals surface area (Å²) in [7, 11) is 1.84. The number of hydrogen-bond donors (Lipinski definition) is 1. The molecule has 19 heavy (non-hydrogen) atoms. The van der Waals surface area contributed by atoms with E-state index in [0.29, 0.717) is 12.4 Å². The van der Waals surface area contributed by atoms with Crippen LogP contribution in [0.25, 0.3) is 0 Å². The van der Waals surface area contributed by atoms with Crippen LogP contribution >= 0.6 is 15.9 Å². The van der Waals surface area contributed by atoms with Crippen molar-refractivity contribution in [3.63, 3.8) is 0 Å². The number of carboxylic acid groups (broad SMARTS) is 1. The molecule has 0 aliphatic rings. The highest BCUT2D eigenvalue weighted by Gasteiger charge is 2.09. The van der Waals surface area contributed by atoms with Gasteiger partial charge >= 0.3 is 5.97 Å². The minimum Gasteiger partial charge on any atom is -0.476 e. The highest BCUT2D eigenvalue weighted by molar-refractivity contribution is 9.10. The van der Waals surface area contributed by atoms with Gasteiger partial charge in [0.1, 0.15) is 5.82 Å². The number of carboxylic acids is 1. The molecule has 0 spiro atoms. The van der Waals surface area contributed by atoms with Crippen molar-refractivity contribution in [1.29, 1.82) is 0 Å². The Kier molecular flexibility index (Phi) is 4.11. The zero-order chi connectivity index (χ0) is 13.8. The third-order valence-corrected chi connectivity index (χ3v) is 3.09. The van der Waals surface area contributed by atoms with E-state index in [1.807, 2.05) is 36.2 Å². The first-order chi connectivity index (χ1) is 9.06. The van der Waals surface area contributed by atoms with Gasteiger partial charge in [0.05, 0.1) is 12.4 Å². The van der Waals surface area contributed by atoms with Crippen molar-refractivity contribution < 1.29 is 9.90 Å². The van der Waals surface area contributed by atoms with Gasteiger partial charge in [-0.1, -0.05) is 28.1 Å². The van der Waals surface area contributed by atoms with Crippen LogP contribution in [0.2, 0.25) is 0 Å². The van der Waals surface area contributed by atoms with Crippen LogP contribution in [0.3, 0.4) is 0 Å². The molecule has 0 saturated carbocycles. The summed E-state index contributed by atoms with van der Waals surface area (Å²) in [4.78, 5) is 20.6. The van der Waals surface area contributed by atoms with Crippen molar-refractivity contribution in [2.24, 2.45) is 0 Å². The first-order valence-corrected chi connectivity index (χ1v) is 6.36. The van der Waals surface area contributed by atoms with Crippen molar-refractivity contribution >= 4 is 27.7 Å². The van der Waals surface area contributed by atoms with E-state index in [9.17, 15) is 4.79 Å². The molecule has 1 N–H and O–H groups in total. The Labute approximate surface area is 119 Å². The maximum Gasteiger partial charge on any atom is 0.356 e. The van der Waals surface area contributed by atoms with Gasteiger partial charge in [0.2, 0.25) is 0 Å². The summed E-state index contributed by atoms with van der Waals surface area (Å²) in [5.74, 6) is -0.547. The highest BCUT2D eigenvalue weighted by Crippen LogP contribution is 2.15. The first kappa shape index (κ1) is 13.5. The number of halogens is 1. The van der Waals surface area contributed by atoms with Gasteiger partial charge < -0.3 is 10.0 Å². The summed E-state index contributed by atoms with van der Waals surface area (Å²) >= 11 is 3.38. The molecule has 0 amide bonds. The van der Waals surface area contributed by atoms with Crippen LogP contribution in [-0.2, 0) is 6.54 Å². The van der Waals surface area contributed by atoms with E-state index in [1.54, 1.807) is 6.20 Å². The minimum absolute atomic E-state index is 0.0554. The topological polar surface area (TPSA) is 66.3 Å². The Balaban J connectivity index is 2.15. The molecule has 1 aromatic carbocycles. The summed E-state index contributed by atoms with van der Waals surface area (Å²) in [6, 6.07) is 7.91. The van der Waals surface area contributed by atoms with Crippen LogP contribution in [0.1, 0.15) is 16.1 Å². The summed E-state index contributed by atoms with van der Waals surface area (Å²) in [5, 5.41) is 8.89. The quantitative estimate of drug-likeness (QED) is 0.937. The van der Waals surface area contributed by atoms with E-state index >= 15 is 0 Å². The van der Waals surface area contributed by atoms with Crippen molar-refractivity contribution in [3.05, 3.63) is 52.4 Å². The van der Waals surface area contributed by atoms with E-state index in [2.05, 4.69) is 25.9 Å². The van der Waals surface area contributed by atoms with E-state index < -0.39 is 5.97 Å². The molecule has 0 radical (unpaired) electrons. The fraction of sp³-hybridized carbons (Fsp3) is 0.154. The zero-order valence-corrected chi connectivity index (χ0v) is 11.8. The molecule has 2 aromatic rings. The Morgan fingerprint density at radius 1 is 1.32 bits per heavy atom. The minimum atomic E-state index is -1.08. The molecule has 0 atom stereocenters. The molecule has 0 aliphatic carbocycles. The van der Waals surface area contributed by atoms with Crippen LogP contribution in [-0.4, -0.2) is 28.1 Å². The average Bonchev–Trinajstić information content (AvgIpc) is 2.41. The molecule has 98 valence electrons. The molecule has 6 heteroatoms. The van der Waals surface area contributed by atoms with Gasteiger partial charge in [-0.05, 0) is 17.7 Å². The van der Waals surface area contributed by atoms with Crippen molar-refractivity contribution in [2.75, 3.05) is 11.9 Å². The lowest BCUT2D eigenvalue weighted by Crippen LogP contribution is -2.19. The molecule has 1 aromatic heterocycles. The second kappa shape index (κ2) is 5.79. The lowest BCUT2D eigenvalue weighted by molar-refractivity contribution is 0.0690. The number of carbonyl (C=O) groups is 1. The van der Waals surface area contributed by atoms with Crippen LogP contribution in [0, 0.1) is 0 Å². The maximum absolute atomic E-state index is 10.8. The number of benzene rings is 1. The SMILES string of the molecule is CN(Cc1ccc(Br)cc1)c1cncc(C(=O)O)n1. The largest absolute Gasteiger partial charge is 0.476 e. The van der Waals surface area contributed by atoms with Crippen molar-refractivity contribution in [1.82, 2.24) is 9.97 Å². The molecule has 5 nitrogen and oxygen atoms in total. The maximum atomic E-state index is 10.8. The molecule has 0 unspecified atom stereocenters. The smallest absolute Gasteiger partial charge is 0.356 e. The van der Waals surface area contributed by atoms with Gasteiger partial charge in [-0.25, -0.2) is 9.78 Å². The van der Waals surface area contributed by atoms with Gasteiger partial charge in [-0.15, -0.1) is 0 Å². The molecular weight excluding hydrogens is 310 g/mol.